The van der Waals surface area contributed by atoms with Gasteiger partial charge in [0.2, 0.25) is 0 Å². The van der Waals surface area contributed by atoms with E-state index >= 15 is 0 Å². The number of carbonyl (C=O) groups excluding carboxylic acids is 1. The highest BCUT2D eigenvalue weighted by atomic mass is 35.5. The fraction of sp³-hybridized carbons (Fsp3) is 0.176. The Morgan fingerprint density at radius 1 is 1.14 bits per heavy atom. The van der Waals surface area contributed by atoms with Crippen LogP contribution in [-0.4, -0.2) is 11.6 Å². The summed E-state index contributed by atoms with van der Waals surface area (Å²) < 4.78 is 0. The molecule has 0 aliphatic carbocycles. The van der Waals surface area contributed by atoms with Crippen molar-refractivity contribution in [3.8, 4) is 0 Å². The van der Waals surface area contributed by atoms with E-state index in [0.29, 0.717) is 21.3 Å². The molecule has 0 saturated heterocycles. The normalized spacial score (nSPS) is 11.4. The predicted octanol–water partition coefficient (Wildman–Crippen LogP) is 4.76. The number of amides is 1. The average Bonchev–Trinajstić information content (AvgIpc) is 2.48. The Morgan fingerprint density at radius 3 is 2.55 bits per heavy atom. The SMILES string of the molecule is CC(=NNC(=O)c1cccc(C)c1)c1cc(Cl)cc(Cl)c1C. The summed E-state index contributed by atoms with van der Waals surface area (Å²) in [7, 11) is 0. The van der Waals surface area contributed by atoms with Gasteiger partial charge in [0.15, 0.2) is 0 Å². The molecule has 0 bridgehead atoms. The molecule has 0 spiro atoms. The van der Waals surface area contributed by atoms with Crippen LogP contribution >= 0.6 is 23.2 Å². The third-order valence-corrected chi connectivity index (χ3v) is 3.92. The fourth-order valence-corrected chi connectivity index (χ4v) is 2.56. The van der Waals surface area contributed by atoms with E-state index in [0.717, 1.165) is 16.7 Å². The smallest absolute Gasteiger partial charge is 0.267 e. The lowest BCUT2D eigenvalue weighted by atomic mass is 10.1. The van der Waals surface area contributed by atoms with Gasteiger partial charge in [-0.05, 0) is 50.6 Å². The molecule has 5 heteroatoms. The first-order valence-corrected chi connectivity index (χ1v) is 7.51. The number of carbonyl (C=O) groups is 1. The maximum absolute atomic E-state index is 12.1. The highest BCUT2D eigenvalue weighted by Crippen LogP contribution is 2.25. The molecule has 2 rings (SSSR count). The van der Waals surface area contributed by atoms with E-state index in [4.69, 9.17) is 23.2 Å². The number of rotatable bonds is 3. The third-order valence-electron chi connectivity index (χ3n) is 3.30. The Hall–Kier alpha value is -1.84. The summed E-state index contributed by atoms with van der Waals surface area (Å²) >= 11 is 12.1. The fourth-order valence-electron chi connectivity index (χ4n) is 2.07. The van der Waals surface area contributed by atoms with Crippen LogP contribution in [-0.2, 0) is 0 Å². The standard InChI is InChI=1S/C17H16Cl2N2O/c1-10-5-4-6-13(7-10)17(22)21-20-12(3)15-8-14(18)9-16(19)11(15)2/h4-9H,1-3H3,(H,21,22). The molecule has 1 N–H and O–H groups in total. The lowest BCUT2D eigenvalue weighted by Crippen LogP contribution is -2.19. The van der Waals surface area contributed by atoms with E-state index in [9.17, 15) is 4.79 Å². The van der Waals surface area contributed by atoms with Crippen LogP contribution in [0.1, 0.15) is 34.0 Å². The van der Waals surface area contributed by atoms with Crippen LogP contribution < -0.4 is 5.43 Å². The number of hydrogen-bond donors (Lipinski definition) is 1. The summed E-state index contributed by atoms with van der Waals surface area (Å²) in [6.07, 6.45) is 0. The van der Waals surface area contributed by atoms with Crippen molar-refractivity contribution in [1.29, 1.82) is 0 Å². The first-order valence-electron chi connectivity index (χ1n) is 6.76. The second kappa shape index (κ2) is 6.95. The van der Waals surface area contributed by atoms with E-state index < -0.39 is 0 Å². The minimum Gasteiger partial charge on any atom is -0.267 e. The minimum atomic E-state index is -0.256. The number of nitrogens with zero attached hydrogens (tertiary/aromatic N) is 1. The van der Waals surface area contributed by atoms with Gasteiger partial charge in [-0.2, -0.15) is 5.10 Å². The largest absolute Gasteiger partial charge is 0.271 e. The van der Waals surface area contributed by atoms with Gasteiger partial charge in [-0.15, -0.1) is 0 Å². The van der Waals surface area contributed by atoms with Gasteiger partial charge in [0, 0.05) is 21.2 Å². The van der Waals surface area contributed by atoms with Crippen molar-refractivity contribution < 1.29 is 4.79 Å². The third kappa shape index (κ3) is 3.87. The van der Waals surface area contributed by atoms with Crippen molar-refractivity contribution in [3.05, 3.63) is 68.7 Å². The number of hydrazone groups is 1. The Bertz CT molecular complexity index is 754. The van der Waals surface area contributed by atoms with Crippen molar-refractivity contribution >= 4 is 34.8 Å². The average molecular weight is 335 g/mol. The highest BCUT2D eigenvalue weighted by Gasteiger charge is 2.09. The zero-order chi connectivity index (χ0) is 16.3. The Labute approximate surface area is 139 Å². The first kappa shape index (κ1) is 16.5. The van der Waals surface area contributed by atoms with Crippen LogP contribution in [0.5, 0.6) is 0 Å². The molecule has 3 nitrogen and oxygen atoms in total. The van der Waals surface area contributed by atoms with Gasteiger partial charge in [0.1, 0.15) is 0 Å². The molecule has 0 radical (unpaired) electrons. The van der Waals surface area contributed by atoms with Crippen molar-refractivity contribution in [2.75, 3.05) is 0 Å². The Kier molecular flexibility index (Phi) is 5.22. The van der Waals surface area contributed by atoms with Crippen molar-refractivity contribution in [3.63, 3.8) is 0 Å². The van der Waals surface area contributed by atoms with Crippen molar-refractivity contribution in [2.45, 2.75) is 20.8 Å². The van der Waals surface area contributed by atoms with Crippen molar-refractivity contribution in [2.24, 2.45) is 5.10 Å². The summed E-state index contributed by atoms with van der Waals surface area (Å²) in [5, 5.41) is 5.25. The van der Waals surface area contributed by atoms with Crippen molar-refractivity contribution in [1.82, 2.24) is 5.43 Å². The minimum absolute atomic E-state index is 0.256. The van der Waals surface area contributed by atoms with Gasteiger partial charge >= 0.3 is 0 Å². The van der Waals surface area contributed by atoms with E-state index in [1.165, 1.54) is 0 Å². The molecule has 0 unspecified atom stereocenters. The lowest BCUT2D eigenvalue weighted by molar-refractivity contribution is 0.0954. The molecular formula is C17H16Cl2N2O. The molecule has 114 valence electrons. The summed E-state index contributed by atoms with van der Waals surface area (Å²) in [5.74, 6) is -0.256. The maximum atomic E-state index is 12.1. The quantitative estimate of drug-likeness (QED) is 0.637. The van der Waals surface area contributed by atoms with Crippen LogP contribution in [0.3, 0.4) is 0 Å². The van der Waals surface area contributed by atoms with Crippen LogP contribution in [0.25, 0.3) is 0 Å². The molecule has 0 atom stereocenters. The predicted molar refractivity (Wildman–Crippen MR) is 92.1 cm³/mol. The molecule has 1 amide bonds. The highest BCUT2D eigenvalue weighted by molar-refractivity contribution is 6.35. The molecule has 0 aliphatic heterocycles. The molecule has 0 saturated carbocycles. The van der Waals surface area contributed by atoms with E-state index in [1.807, 2.05) is 32.0 Å². The number of aryl methyl sites for hydroxylation is 1. The molecule has 0 aromatic heterocycles. The monoisotopic (exact) mass is 334 g/mol. The molecule has 2 aromatic carbocycles. The van der Waals surface area contributed by atoms with Gasteiger partial charge < -0.3 is 0 Å². The van der Waals surface area contributed by atoms with Gasteiger partial charge in [0.05, 0.1) is 5.71 Å². The topological polar surface area (TPSA) is 41.5 Å². The summed E-state index contributed by atoms with van der Waals surface area (Å²) in [5.41, 5.74) is 6.46. The zero-order valence-corrected chi connectivity index (χ0v) is 14.1. The van der Waals surface area contributed by atoms with Crippen LogP contribution in [0.4, 0.5) is 0 Å². The Balaban J connectivity index is 2.22. The molecule has 2 aromatic rings. The molecule has 22 heavy (non-hydrogen) atoms. The molecule has 0 aliphatic rings. The van der Waals surface area contributed by atoms with Crippen LogP contribution in [0.15, 0.2) is 41.5 Å². The first-order chi connectivity index (χ1) is 10.4. The second-order valence-corrected chi connectivity index (χ2v) is 5.91. The van der Waals surface area contributed by atoms with Gasteiger partial charge in [-0.1, -0.05) is 40.9 Å². The molecular weight excluding hydrogens is 319 g/mol. The van der Waals surface area contributed by atoms with Gasteiger partial charge in [-0.3, -0.25) is 4.79 Å². The van der Waals surface area contributed by atoms with Gasteiger partial charge in [-0.25, -0.2) is 5.43 Å². The summed E-state index contributed by atoms with van der Waals surface area (Å²) in [4.78, 5) is 12.1. The molecule has 0 heterocycles. The number of halogens is 2. The van der Waals surface area contributed by atoms with Crippen LogP contribution in [0.2, 0.25) is 10.0 Å². The Morgan fingerprint density at radius 2 is 1.86 bits per heavy atom. The number of benzene rings is 2. The van der Waals surface area contributed by atoms with E-state index in [-0.39, 0.29) is 5.91 Å². The van der Waals surface area contributed by atoms with Crippen LogP contribution in [0, 0.1) is 13.8 Å². The number of hydrogen-bond acceptors (Lipinski definition) is 2. The summed E-state index contributed by atoms with van der Waals surface area (Å²) in [6.45, 7) is 5.61. The number of nitrogens with one attached hydrogen (secondary N) is 1. The zero-order valence-electron chi connectivity index (χ0n) is 12.6. The summed E-state index contributed by atoms with van der Waals surface area (Å²) in [6, 6.07) is 10.8. The maximum Gasteiger partial charge on any atom is 0.271 e. The molecule has 0 fully saturated rings. The van der Waals surface area contributed by atoms with Gasteiger partial charge in [0.25, 0.3) is 5.91 Å². The van der Waals surface area contributed by atoms with E-state index in [1.54, 1.807) is 25.1 Å². The second-order valence-electron chi connectivity index (χ2n) is 5.07. The lowest BCUT2D eigenvalue weighted by Gasteiger charge is -2.09. The van der Waals surface area contributed by atoms with E-state index in [2.05, 4.69) is 10.5 Å².